The zero-order valence-electron chi connectivity index (χ0n) is 9.52. The maximum absolute atomic E-state index is 11.5. The summed E-state index contributed by atoms with van der Waals surface area (Å²) >= 11 is 0. The van der Waals surface area contributed by atoms with E-state index in [-0.39, 0.29) is 0 Å². The average Bonchev–Trinajstić information content (AvgIpc) is 2.31. The lowest BCUT2D eigenvalue weighted by Gasteiger charge is -2.14. The Labute approximate surface area is 94.2 Å². The van der Waals surface area contributed by atoms with Gasteiger partial charge in [0.1, 0.15) is 0 Å². The van der Waals surface area contributed by atoms with E-state index in [1.807, 2.05) is 19.1 Å². The number of methoxy groups -OCH3 is 2. The molecule has 1 rings (SSSR count). The second kappa shape index (κ2) is 5.30. The highest BCUT2D eigenvalue weighted by molar-refractivity contribution is 6.01. The van der Waals surface area contributed by atoms with Crippen LogP contribution in [0.15, 0.2) is 24.3 Å². The standard InChI is InChI=1S/C12H14O4/c1-8-6-4-5-7-9(8)10(11(13)15-2)12(14)16-3/h4-7,10H,1-3H3. The van der Waals surface area contributed by atoms with Crippen LogP contribution in [0.5, 0.6) is 0 Å². The van der Waals surface area contributed by atoms with Crippen LogP contribution in [0.3, 0.4) is 0 Å². The predicted octanol–water partition coefficient (Wildman–Crippen LogP) is 1.42. The number of carbonyl (C=O) groups excluding carboxylic acids is 2. The Morgan fingerprint density at radius 2 is 1.56 bits per heavy atom. The van der Waals surface area contributed by atoms with Crippen LogP contribution in [-0.2, 0) is 19.1 Å². The minimum atomic E-state index is -1.00. The number of hydrogen-bond donors (Lipinski definition) is 0. The van der Waals surface area contributed by atoms with Gasteiger partial charge in [-0.3, -0.25) is 9.59 Å². The number of ether oxygens (including phenoxy) is 2. The van der Waals surface area contributed by atoms with Gasteiger partial charge < -0.3 is 9.47 Å². The molecule has 0 unspecified atom stereocenters. The van der Waals surface area contributed by atoms with Crippen LogP contribution < -0.4 is 0 Å². The molecule has 0 saturated heterocycles. The van der Waals surface area contributed by atoms with Gasteiger partial charge in [0.05, 0.1) is 14.2 Å². The van der Waals surface area contributed by atoms with Crippen molar-refractivity contribution >= 4 is 11.9 Å². The lowest BCUT2D eigenvalue weighted by atomic mass is 9.95. The molecule has 0 fully saturated rings. The molecular formula is C12H14O4. The van der Waals surface area contributed by atoms with E-state index in [2.05, 4.69) is 9.47 Å². The minimum Gasteiger partial charge on any atom is -0.468 e. The van der Waals surface area contributed by atoms with E-state index in [0.29, 0.717) is 5.56 Å². The van der Waals surface area contributed by atoms with Crippen molar-refractivity contribution in [3.63, 3.8) is 0 Å². The second-order valence-corrected chi connectivity index (χ2v) is 3.34. The van der Waals surface area contributed by atoms with Crippen molar-refractivity contribution < 1.29 is 19.1 Å². The molecule has 0 aliphatic rings. The Balaban J connectivity index is 3.16. The molecule has 4 nitrogen and oxygen atoms in total. The molecule has 0 amide bonds. The highest BCUT2D eigenvalue weighted by atomic mass is 16.5. The molecule has 0 radical (unpaired) electrons. The molecule has 1 aromatic carbocycles. The van der Waals surface area contributed by atoms with Crippen LogP contribution in [0.4, 0.5) is 0 Å². The zero-order valence-corrected chi connectivity index (χ0v) is 9.52. The van der Waals surface area contributed by atoms with Crippen molar-refractivity contribution in [1.82, 2.24) is 0 Å². The molecule has 0 aliphatic heterocycles. The highest BCUT2D eigenvalue weighted by Crippen LogP contribution is 2.22. The molecule has 0 heterocycles. The summed E-state index contributed by atoms with van der Waals surface area (Å²) in [5.74, 6) is -2.22. The summed E-state index contributed by atoms with van der Waals surface area (Å²) in [6, 6.07) is 7.15. The largest absolute Gasteiger partial charge is 0.468 e. The zero-order chi connectivity index (χ0) is 12.1. The summed E-state index contributed by atoms with van der Waals surface area (Å²) < 4.78 is 9.21. The van der Waals surface area contributed by atoms with Crippen molar-refractivity contribution in [2.45, 2.75) is 12.8 Å². The molecule has 0 aliphatic carbocycles. The van der Waals surface area contributed by atoms with Gasteiger partial charge in [0.25, 0.3) is 0 Å². The van der Waals surface area contributed by atoms with E-state index in [1.54, 1.807) is 12.1 Å². The van der Waals surface area contributed by atoms with Crippen LogP contribution in [-0.4, -0.2) is 26.2 Å². The SMILES string of the molecule is COC(=O)C(C(=O)OC)c1ccccc1C. The molecule has 0 aromatic heterocycles. The summed E-state index contributed by atoms with van der Waals surface area (Å²) in [7, 11) is 2.49. The molecule has 0 N–H and O–H groups in total. The second-order valence-electron chi connectivity index (χ2n) is 3.34. The molecule has 0 spiro atoms. The first kappa shape index (κ1) is 12.2. The molecule has 4 heteroatoms. The average molecular weight is 222 g/mol. The van der Waals surface area contributed by atoms with Crippen molar-refractivity contribution in [3.8, 4) is 0 Å². The molecular weight excluding hydrogens is 208 g/mol. The van der Waals surface area contributed by atoms with Crippen molar-refractivity contribution in [2.75, 3.05) is 14.2 Å². The minimum absolute atomic E-state index is 0.610. The van der Waals surface area contributed by atoms with Gasteiger partial charge in [-0.05, 0) is 18.1 Å². The first-order chi connectivity index (χ1) is 7.61. The van der Waals surface area contributed by atoms with Gasteiger partial charge in [-0.15, -0.1) is 0 Å². The number of rotatable bonds is 3. The number of carbonyl (C=O) groups is 2. The van der Waals surface area contributed by atoms with E-state index in [9.17, 15) is 9.59 Å². The highest BCUT2D eigenvalue weighted by Gasteiger charge is 2.31. The number of hydrogen-bond acceptors (Lipinski definition) is 4. The fraction of sp³-hybridized carbons (Fsp3) is 0.333. The lowest BCUT2D eigenvalue weighted by molar-refractivity contribution is -0.154. The summed E-state index contributed by atoms with van der Waals surface area (Å²) in [6.07, 6.45) is 0. The molecule has 16 heavy (non-hydrogen) atoms. The first-order valence-electron chi connectivity index (χ1n) is 4.83. The van der Waals surface area contributed by atoms with Crippen molar-refractivity contribution in [1.29, 1.82) is 0 Å². The Morgan fingerprint density at radius 3 is 2.00 bits per heavy atom. The van der Waals surface area contributed by atoms with E-state index in [1.165, 1.54) is 14.2 Å². The number of esters is 2. The van der Waals surface area contributed by atoms with Gasteiger partial charge >= 0.3 is 11.9 Å². The molecule has 86 valence electrons. The Bertz CT molecular complexity index is 382. The van der Waals surface area contributed by atoms with Gasteiger partial charge in [0.2, 0.25) is 0 Å². The predicted molar refractivity (Wildman–Crippen MR) is 58.0 cm³/mol. The normalized spacial score (nSPS) is 10.0. The summed E-state index contributed by atoms with van der Waals surface area (Å²) in [6.45, 7) is 1.83. The van der Waals surface area contributed by atoms with Crippen molar-refractivity contribution in [2.24, 2.45) is 0 Å². The number of benzene rings is 1. The topological polar surface area (TPSA) is 52.6 Å². The van der Waals surface area contributed by atoms with Gasteiger partial charge in [0, 0.05) is 0 Å². The van der Waals surface area contributed by atoms with Gasteiger partial charge in [-0.25, -0.2) is 0 Å². The summed E-state index contributed by atoms with van der Waals surface area (Å²) in [5, 5.41) is 0. The van der Waals surface area contributed by atoms with Gasteiger partial charge in [-0.1, -0.05) is 24.3 Å². The lowest BCUT2D eigenvalue weighted by Crippen LogP contribution is -2.25. The monoisotopic (exact) mass is 222 g/mol. The maximum Gasteiger partial charge on any atom is 0.324 e. The third-order valence-electron chi connectivity index (χ3n) is 2.37. The quantitative estimate of drug-likeness (QED) is 0.573. The fourth-order valence-electron chi connectivity index (χ4n) is 1.50. The van der Waals surface area contributed by atoms with E-state index in [4.69, 9.17) is 0 Å². The number of aryl methyl sites for hydroxylation is 1. The van der Waals surface area contributed by atoms with E-state index in [0.717, 1.165) is 5.56 Å². The molecule has 1 aromatic rings. The van der Waals surface area contributed by atoms with Crippen molar-refractivity contribution in [3.05, 3.63) is 35.4 Å². The van der Waals surface area contributed by atoms with E-state index < -0.39 is 17.9 Å². The maximum atomic E-state index is 11.5. The first-order valence-corrected chi connectivity index (χ1v) is 4.83. The van der Waals surface area contributed by atoms with Crippen LogP contribution in [0.1, 0.15) is 17.0 Å². The Hall–Kier alpha value is -1.84. The third kappa shape index (κ3) is 2.39. The molecule has 0 atom stereocenters. The molecule has 0 saturated carbocycles. The van der Waals surface area contributed by atoms with Crippen LogP contribution in [0, 0.1) is 6.92 Å². The van der Waals surface area contributed by atoms with Crippen LogP contribution in [0.2, 0.25) is 0 Å². The van der Waals surface area contributed by atoms with Gasteiger partial charge in [0.15, 0.2) is 5.92 Å². The summed E-state index contributed by atoms with van der Waals surface area (Å²) in [5.41, 5.74) is 1.46. The fourth-order valence-corrected chi connectivity index (χ4v) is 1.50. The van der Waals surface area contributed by atoms with Crippen LogP contribution >= 0.6 is 0 Å². The van der Waals surface area contributed by atoms with Gasteiger partial charge in [-0.2, -0.15) is 0 Å². The smallest absolute Gasteiger partial charge is 0.324 e. The molecule has 0 bridgehead atoms. The Morgan fingerprint density at radius 1 is 1.06 bits per heavy atom. The Kier molecular flexibility index (Phi) is 4.05. The third-order valence-corrected chi connectivity index (χ3v) is 2.37. The van der Waals surface area contributed by atoms with E-state index >= 15 is 0 Å². The summed E-state index contributed by atoms with van der Waals surface area (Å²) in [4.78, 5) is 23.1. The van der Waals surface area contributed by atoms with Crippen LogP contribution in [0.25, 0.3) is 0 Å².